The number of hydrogen-bond donors (Lipinski definition) is 1. The molecular weight excluding hydrogens is 196 g/mol. The Hall–Kier alpha value is -0.960. The quantitative estimate of drug-likeness (QED) is 0.809. The minimum atomic E-state index is -0.783. The summed E-state index contributed by atoms with van der Waals surface area (Å²) in [7, 11) is 0. The van der Waals surface area contributed by atoms with Crippen molar-refractivity contribution in [3.05, 3.63) is 35.4 Å². The molecule has 0 bridgehead atoms. The van der Waals surface area contributed by atoms with Crippen molar-refractivity contribution in [2.24, 2.45) is 0 Å². The Morgan fingerprint density at radius 2 is 2.00 bits per heavy atom. The summed E-state index contributed by atoms with van der Waals surface area (Å²) in [5.41, 5.74) is 0.806. The van der Waals surface area contributed by atoms with Crippen molar-refractivity contribution in [2.75, 3.05) is 0 Å². The van der Waals surface area contributed by atoms with Crippen molar-refractivity contribution < 1.29 is 8.78 Å². The maximum atomic E-state index is 13.0. The van der Waals surface area contributed by atoms with Crippen LogP contribution in [0.15, 0.2) is 18.2 Å². The topological polar surface area (TPSA) is 12.0 Å². The van der Waals surface area contributed by atoms with E-state index in [1.165, 1.54) is 31.4 Å². The Balaban J connectivity index is 2.03. The van der Waals surface area contributed by atoms with Gasteiger partial charge in [0.1, 0.15) is 0 Å². The van der Waals surface area contributed by atoms with Gasteiger partial charge < -0.3 is 5.32 Å². The lowest BCUT2D eigenvalue weighted by atomic mass is 9.92. The first-order valence-electron chi connectivity index (χ1n) is 5.38. The summed E-state index contributed by atoms with van der Waals surface area (Å²) in [5.74, 6) is -1.55. The van der Waals surface area contributed by atoms with Crippen LogP contribution < -0.4 is 5.32 Å². The molecule has 0 saturated heterocycles. The van der Waals surface area contributed by atoms with E-state index in [4.69, 9.17) is 0 Å². The minimum absolute atomic E-state index is 0.0883. The van der Waals surface area contributed by atoms with Gasteiger partial charge in [-0.25, -0.2) is 8.78 Å². The van der Waals surface area contributed by atoms with Gasteiger partial charge in [0.15, 0.2) is 11.6 Å². The lowest BCUT2D eigenvalue weighted by Gasteiger charge is -2.30. The van der Waals surface area contributed by atoms with Gasteiger partial charge in [-0.1, -0.05) is 12.5 Å². The zero-order valence-corrected chi connectivity index (χ0v) is 8.76. The van der Waals surface area contributed by atoms with Crippen molar-refractivity contribution >= 4 is 0 Å². The van der Waals surface area contributed by atoms with Crippen LogP contribution in [0.5, 0.6) is 0 Å². The third-order valence-corrected chi connectivity index (χ3v) is 3.03. The summed E-state index contributed by atoms with van der Waals surface area (Å²) in [5, 5.41) is 3.39. The highest BCUT2D eigenvalue weighted by Crippen LogP contribution is 2.23. The monoisotopic (exact) mass is 211 g/mol. The Morgan fingerprint density at radius 3 is 2.53 bits per heavy atom. The predicted molar refractivity (Wildman–Crippen MR) is 55.5 cm³/mol. The van der Waals surface area contributed by atoms with E-state index in [1.807, 2.05) is 6.92 Å². The van der Waals surface area contributed by atoms with E-state index in [1.54, 1.807) is 6.07 Å². The van der Waals surface area contributed by atoms with Crippen LogP contribution in [0.1, 0.15) is 37.8 Å². The number of rotatable bonds is 3. The molecule has 0 aliphatic heterocycles. The molecule has 0 amide bonds. The molecule has 1 unspecified atom stereocenters. The van der Waals surface area contributed by atoms with Crippen LogP contribution in [0.4, 0.5) is 8.78 Å². The maximum Gasteiger partial charge on any atom is 0.159 e. The summed E-state index contributed by atoms with van der Waals surface area (Å²) in [4.78, 5) is 0. The van der Waals surface area contributed by atoms with Gasteiger partial charge in [0.2, 0.25) is 0 Å². The molecule has 1 aliphatic carbocycles. The van der Waals surface area contributed by atoms with E-state index >= 15 is 0 Å². The second-order valence-corrected chi connectivity index (χ2v) is 4.19. The molecule has 1 fully saturated rings. The number of halogens is 2. The summed E-state index contributed by atoms with van der Waals surface area (Å²) in [6.45, 7) is 1.98. The largest absolute Gasteiger partial charge is 0.307 e. The Labute approximate surface area is 88.5 Å². The van der Waals surface area contributed by atoms with Crippen molar-refractivity contribution in [1.29, 1.82) is 0 Å². The van der Waals surface area contributed by atoms with Gasteiger partial charge in [-0.15, -0.1) is 0 Å². The third-order valence-electron chi connectivity index (χ3n) is 3.03. The summed E-state index contributed by atoms with van der Waals surface area (Å²) in [6.07, 6.45) is 3.64. The molecule has 2 rings (SSSR count). The molecule has 1 N–H and O–H groups in total. The van der Waals surface area contributed by atoms with Gasteiger partial charge in [-0.05, 0) is 37.5 Å². The summed E-state index contributed by atoms with van der Waals surface area (Å²) < 4.78 is 25.7. The van der Waals surface area contributed by atoms with E-state index in [0.29, 0.717) is 6.04 Å². The Bertz CT molecular complexity index is 347. The molecule has 3 heteroatoms. The molecule has 1 nitrogen and oxygen atoms in total. The molecule has 82 valence electrons. The van der Waals surface area contributed by atoms with Crippen LogP contribution in [-0.4, -0.2) is 6.04 Å². The van der Waals surface area contributed by atoms with E-state index in [0.717, 1.165) is 5.56 Å². The molecule has 1 atom stereocenters. The van der Waals surface area contributed by atoms with Gasteiger partial charge in [0.05, 0.1) is 0 Å². The molecule has 0 radical (unpaired) electrons. The highest BCUT2D eigenvalue weighted by Gasteiger charge is 2.20. The van der Waals surface area contributed by atoms with Gasteiger partial charge in [0.25, 0.3) is 0 Å². The van der Waals surface area contributed by atoms with Crippen molar-refractivity contribution in [2.45, 2.75) is 38.3 Å². The lowest BCUT2D eigenvalue weighted by molar-refractivity contribution is 0.312. The SMILES string of the molecule is CC(NC1CCC1)c1ccc(F)c(F)c1. The second-order valence-electron chi connectivity index (χ2n) is 4.19. The highest BCUT2D eigenvalue weighted by atomic mass is 19.2. The zero-order chi connectivity index (χ0) is 10.8. The molecule has 1 aromatic carbocycles. The molecule has 1 saturated carbocycles. The smallest absolute Gasteiger partial charge is 0.159 e. The first-order valence-corrected chi connectivity index (χ1v) is 5.38. The van der Waals surface area contributed by atoms with Crippen LogP contribution in [0.3, 0.4) is 0 Å². The van der Waals surface area contributed by atoms with E-state index in [2.05, 4.69) is 5.32 Å². The number of nitrogens with one attached hydrogen (secondary N) is 1. The van der Waals surface area contributed by atoms with E-state index in [-0.39, 0.29) is 6.04 Å². The van der Waals surface area contributed by atoms with Gasteiger partial charge in [0, 0.05) is 12.1 Å². The number of benzene rings is 1. The average Bonchev–Trinajstić information content (AvgIpc) is 2.15. The zero-order valence-electron chi connectivity index (χ0n) is 8.76. The first-order chi connectivity index (χ1) is 7.16. The fourth-order valence-electron chi connectivity index (χ4n) is 1.81. The Kier molecular flexibility index (Phi) is 3.00. The van der Waals surface area contributed by atoms with Crippen molar-refractivity contribution in [3.8, 4) is 0 Å². The molecule has 1 aromatic rings. The second kappa shape index (κ2) is 4.27. The van der Waals surface area contributed by atoms with Crippen LogP contribution in [-0.2, 0) is 0 Å². The minimum Gasteiger partial charge on any atom is -0.307 e. The molecule has 15 heavy (non-hydrogen) atoms. The van der Waals surface area contributed by atoms with Gasteiger partial charge in [-0.2, -0.15) is 0 Å². The summed E-state index contributed by atoms with van der Waals surface area (Å²) >= 11 is 0. The lowest BCUT2D eigenvalue weighted by Crippen LogP contribution is -2.36. The third kappa shape index (κ3) is 2.34. The van der Waals surface area contributed by atoms with Crippen LogP contribution in [0, 0.1) is 11.6 Å². The molecule has 0 aromatic heterocycles. The molecule has 0 heterocycles. The fourth-order valence-corrected chi connectivity index (χ4v) is 1.81. The van der Waals surface area contributed by atoms with Crippen LogP contribution >= 0.6 is 0 Å². The van der Waals surface area contributed by atoms with Crippen molar-refractivity contribution in [1.82, 2.24) is 5.32 Å². The van der Waals surface area contributed by atoms with Crippen molar-refractivity contribution in [3.63, 3.8) is 0 Å². The average molecular weight is 211 g/mol. The van der Waals surface area contributed by atoms with Gasteiger partial charge in [-0.3, -0.25) is 0 Å². The van der Waals surface area contributed by atoms with Gasteiger partial charge >= 0.3 is 0 Å². The maximum absolute atomic E-state index is 13.0. The predicted octanol–water partition coefficient (Wildman–Crippen LogP) is 3.17. The highest BCUT2D eigenvalue weighted by molar-refractivity contribution is 5.21. The first kappa shape index (κ1) is 10.6. The molecular formula is C12H15F2N. The van der Waals surface area contributed by atoms with Crippen LogP contribution in [0.25, 0.3) is 0 Å². The molecule has 1 aliphatic rings. The van der Waals surface area contributed by atoms with Crippen LogP contribution in [0.2, 0.25) is 0 Å². The number of hydrogen-bond acceptors (Lipinski definition) is 1. The van der Waals surface area contributed by atoms with E-state index in [9.17, 15) is 8.78 Å². The standard InChI is InChI=1S/C12H15F2N/c1-8(15-10-3-2-4-10)9-5-6-11(13)12(14)7-9/h5-8,10,15H,2-4H2,1H3. The molecule has 0 spiro atoms. The fraction of sp³-hybridized carbons (Fsp3) is 0.500. The van der Waals surface area contributed by atoms with E-state index < -0.39 is 11.6 Å². The normalized spacial score (nSPS) is 18.6. The Morgan fingerprint density at radius 1 is 1.27 bits per heavy atom. The summed E-state index contributed by atoms with van der Waals surface area (Å²) in [6, 6.07) is 4.72.